The monoisotopic (exact) mass is 121 g/mol. The standard InChI is InChI=1S/C2H3NSe/c1-4-2-3/h1H3. The molecule has 1 nitrogen and oxygen atoms in total. The van der Waals surface area contributed by atoms with Gasteiger partial charge in [0.25, 0.3) is 0 Å². The molecular formula is C2H3NSe. The van der Waals surface area contributed by atoms with Crippen molar-refractivity contribution in [2.45, 2.75) is 5.82 Å². The molecule has 0 bridgehead atoms. The minimum atomic E-state index is 0.222. The molecule has 0 aliphatic carbocycles. The molecule has 0 heterocycles. The van der Waals surface area contributed by atoms with Gasteiger partial charge >= 0.3 is 31.0 Å². The third kappa shape index (κ3) is 2.01. The first-order chi connectivity index (χ1) is 1.91. The van der Waals surface area contributed by atoms with Gasteiger partial charge in [-0.3, -0.25) is 0 Å². The summed E-state index contributed by atoms with van der Waals surface area (Å²) in [5.74, 6) is 1.88. The molecule has 0 unspecified atom stereocenters. The zero-order chi connectivity index (χ0) is 3.41. The first kappa shape index (κ1) is 4.01. The van der Waals surface area contributed by atoms with Crippen LogP contribution in [0.3, 0.4) is 0 Å². The van der Waals surface area contributed by atoms with Crippen LogP contribution >= 0.6 is 0 Å². The van der Waals surface area contributed by atoms with Crippen molar-refractivity contribution in [3.63, 3.8) is 0 Å². The average molecular weight is 120 g/mol. The topological polar surface area (TPSA) is 23.8 Å². The summed E-state index contributed by atoms with van der Waals surface area (Å²) in [6.07, 6.45) is 0. The third-order valence-corrected chi connectivity index (χ3v) is 0.474. The Morgan fingerprint density at radius 3 is 2.25 bits per heavy atom. The van der Waals surface area contributed by atoms with Gasteiger partial charge in [-0.25, -0.2) is 0 Å². The molecule has 4 heavy (non-hydrogen) atoms. The van der Waals surface area contributed by atoms with E-state index in [0.29, 0.717) is 0 Å². The second-order valence-electron chi connectivity index (χ2n) is 0.295. The third-order valence-electron chi connectivity index (χ3n) is 0.0913. The van der Waals surface area contributed by atoms with Crippen molar-refractivity contribution in [1.29, 1.82) is 5.26 Å². The number of hydrogen-bond acceptors (Lipinski definition) is 1. The van der Waals surface area contributed by atoms with Gasteiger partial charge < -0.3 is 0 Å². The molecule has 0 fully saturated rings. The van der Waals surface area contributed by atoms with E-state index in [0.717, 1.165) is 0 Å². The molecule has 2 heteroatoms. The van der Waals surface area contributed by atoms with E-state index in [1.807, 2.05) is 10.8 Å². The van der Waals surface area contributed by atoms with Crippen molar-refractivity contribution in [1.82, 2.24) is 0 Å². The van der Waals surface area contributed by atoms with Crippen LogP contribution in [0, 0.1) is 10.2 Å². The number of hydrogen-bond donors (Lipinski definition) is 0. The fraction of sp³-hybridized carbons (Fsp3) is 0.500. The van der Waals surface area contributed by atoms with E-state index >= 15 is 0 Å². The Morgan fingerprint density at radius 1 is 2.00 bits per heavy atom. The maximum absolute atomic E-state index is 7.65. The van der Waals surface area contributed by atoms with Gasteiger partial charge in [0.05, 0.1) is 0 Å². The van der Waals surface area contributed by atoms with Crippen molar-refractivity contribution >= 4 is 15.0 Å². The Labute approximate surface area is 31.8 Å². The zero-order valence-electron chi connectivity index (χ0n) is 2.36. The van der Waals surface area contributed by atoms with Crippen molar-refractivity contribution in [2.24, 2.45) is 0 Å². The summed E-state index contributed by atoms with van der Waals surface area (Å²) in [6, 6.07) is 0. The van der Waals surface area contributed by atoms with Crippen LogP contribution in [0.5, 0.6) is 0 Å². The van der Waals surface area contributed by atoms with Gasteiger partial charge in [-0.2, -0.15) is 0 Å². The Hall–Kier alpha value is 0.00948. The van der Waals surface area contributed by atoms with Crippen LogP contribution in [0.15, 0.2) is 0 Å². The second kappa shape index (κ2) is 3.01. The molecule has 0 amide bonds. The van der Waals surface area contributed by atoms with E-state index in [2.05, 4.69) is 0 Å². The summed E-state index contributed by atoms with van der Waals surface area (Å²) in [7, 11) is 0. The van der Waals surface area contributed by atoms with Gasteiger partial charge in [0.1, 0.15) is 0 Å². The number of rotatable bonds is 0. The van der Waals surface area contributed by atoms with Gasteiger partial charge in [-0.05, 0) is 0 Å². The number of nitrogens with zero attached hydrogens (tertiary/aromatic N) is 1. The first-order valence-electron chi connectivity index (χ1n) is 0.836. The van der Waals surface area contributed by atoms with E-state index in [-0.39, 0.29) is 15.0 Å². The van der Waals surface area contributed by atoms with E-state index in [9.17, 15) is 0 Å². The van der Waals surface area contributed by atoms with Gasteiger partial charge in [-0.15, -0.1) is 0 Å². The van der Waals surface area contributed by atoms with Gasteiger partial charge in [0, 0.05) is 0 Å². The van der Waals surface area contributed by atoms with Gasteiger partial charge in [-0.1, -0.05) is 0 Å². The zero-order valence-corrected chi connectivity index (χ0v) is 4.07. The van der Waals surface area contributed by atoms with Gasteiger partial charge in [0.15, 0.2) is 0 Å². The van der Waals surface area contributed by atoms with E-state index < -0.39 is 0 Å². The molecule has 0 atom stereocenters. The van der Waals surface area contributed by atoms with E-state index in [1.165, 1.54) is 0 Å². The second-order valence-corrected chi connectivity index (χ2v) is 1.54. The van der Waals surface area contributed by atoms with Crippen LogP contribution in [-0.4, -0.2) is 15.0 Å². The molecule has 0 N–H and O–H groups in total. The summed E-state index contributed by atoms with van der Waals surface area (Å²) in [5, 5.41) is 7.65. The normalized spacial score (nSPS) is 5.00. The van der Waals surface area contributed by atoms with Crippen LogP contribution in [0.25, 0.3) is 0 Å². The molecule has 0 aromatic carbocycles. The Kier molecular flexibility index (Phi) is 3.02. The molecule has 0 aromatic heterocycles. The van der Waals surface area contributed by atoms with Crippen molar-refractivity contribution in [2.75, 3.05) is 0 Å². The summed E-state index contributed by atoms with van der Waals surface area (Å²) in [6.45, 7) is 0. The minimum absolute atomic E-state index is 0.222. The predicted molar refractivity (Wildman–Crippen MR) is 17.2 cm³/mol. The fourth-order valence-electron chi connectivity index (χ4n) is 0. The quantitative estimate of drug-likeness (QED) is 0.419. The van der Waals surface area contributed by atoms with Crippen LogP contribution in [0.2, 0.25) is 5.82 Å². The molecule has 0 aliphatic heterocycles. The molecule has 0 aromatic rings. The Morgan fingerprint density at radius 2 is 2.25 bits per heavy atom. The molecule has 0 spiro atoms. The van der Waals surface area contributed by atoms with Crippen molar-refractivity contribution in [3.05, 3.63) is 0 Å². The van der Waals surface area contributed by atoms with Gasteiger partial charge in [0.2, 0.25) is 0 Å². The average Bonchev–Trinajstić information content (AvgIpc) is 1.37. The van der Waals surface area contributed by atoms with Crippen LogP contribution < -0.4 is 0 Å². The molecular weight excluding hydrogens is 117 g/mol. The summed E-state index contributed by atoms with van der Waals surface area (Å²) in [4.78, 5) is 1.99. The predicted octanol–water partition coefficient (Wildman–Crippen LogP) is 0.220. The fourth-order valence-corrected chi connectivity index (χ4v) is 0. The first-order valence-corrected chi connectivity index (χ1v) is 3.41. The van der Waals surface area contributed by atoms with Crippen molar-refractivity contribution in [3.8, 4) is 4.97 Å². The molecule has 0 radical (unpaired) electrons. The van der Waals surface area contributed by atoms with E-state index in [1.54, 1.807) is 0 Å². The van der Waals surface area contributed by atoms with Crippen LogP contribution in [0.1, 0.15) is 0 Å². The maximum atomic E-state index is 7.65. The summed E-state index contributed by atoms with van der Waals surface area (Å²) >= 11 is 0.222. The number of nitriles is 1. The summed E-state index contributed by atoms with van der Waals surface area (Å²) < 4.78 is 0. The molecule has 22 valence electrons. The molecule has 0 saturated heterocycles. The molecule has 0 saturated carbocycles. The van der Waals surface area contributed by atoms with Crippen LogP contribution in [-0.2, 0) is 0 Å². The van der Waals surface area contributed by atoms with Crippen LogP contribution in [0.4, 0.5) is 0 Å². The summed E-state index contributed by atoms with van der Waals surface area (Å²) in [5.41, 5.74) is 0. The molecule has 0 rings (SSSR count). The van der Waals surface area contributed by atoms with E-state index in [4.69, 9.17) is 5.26 Å². The SMILES string of the molecule is C[Se]C#N. The Balaban J connectivity index is 2.43. The van der Waals surface area contributed by atoms with Crippen molar-refractivity contribution < 1.29 is 0 Å². The Bertz CT molecular complexity index is 35.8. The molecule has 0 aliphatic rings.